The topological polar surface area (TPSA) is 37.3 Å². The molecule has 0 aromatic heterocycles. The first-order valence-corrected chi connectivity index (χ1v) is 2.66. The van der Waals surface area contributed by atoms with Crippen molar-refractivity contribution in [1.29, 1.82) is 0 Å². The number of carbonyl (C=O) groups is 1. The minimum atomic E-state index is -1.98. The van der Waals surface area contributed by atoms with Crippen molar-refractivity contribution in [2.24, 2.45) is 5.92 Å². The first kappa shape index (κ1) is 6.26. The molecule has 1 unspecified atom stereocenters. The Morgan fingerprint density at radius 1 is 2.00 bits per heavy atom. The molecule has 50 valence electrons. The van der Waals surface area contributed by atoms with Gasteiger partial charge >= 0.3 is 5.97 Å². The normalized spacial score (nSPS) is 39.9. The number of carboxylic acid groups (broad SMARTS) is 1. The average Bonchev–Trinajstić information content (AvgIpc) is 2.44. The maximum absolute atomic E-state index is 12.6. The molecule has 0 heterocycles. The van der Waals surface area contributed by atoms with Gasteiger partial charge in [0, 0.05) is 12.3 Å². The van der Waals surface area contributed by atoms with Crippen LogP contribution in [-0.2, 0) is 4.79 Å². The van der Waals surface area contributed by atoms with Gasteiger partial charge in [0.2, 0.25) is 5.67 Å². The average molecular weight is 130 g/mol. The summed E-state index contributed by atoms with van der Waals surface area (Å²) in [7, 11) is 0. The Labute approximate surface area is 52.0 Å². The standard InChI is InChI=1S/C6H7FO2/c1-2-4-3-6(4,7)5(8)9/h2,4H,1,3H2,(H,8,9)/t4?,6-/m1/s1. The van der Waals surface area contributed by atoms with Crippen molar-refractivity contribution in [3.05, 3.63) is 12.7 Å². The monoisotopic (exact) mass is 130 g/mol. The third-order valence-corrected chi connectivity index (χ3v) is 1.58. The minimum Gasteiger partial charge on any atom is -0.479 e. The highest BCUT2D eigenvalue weighted by Gasteiger charge is 2.60. The summed E-state index contributed by atoms with van der Waals surface area (Å²) in [4.78, 5) is 10.0. The van der Waals surface area contributed by atoms with Crippen LogP contribution in [0.4, 0.5) is 4.39 Å². The molecule has 0 aromatic carbocycles. The Morgan fingerprint density at radius 3 is 2.67 bits per heavy atom. The van der Waals surface area contributed by atoms with E-state index in [0.29, 0.717) is 0 Å². The smallest absolute Gasteiger partial charge is 0.342 e. The Morgan fingerprint density at radius 2 is 2.56 bits per heavy atom. The summed E-state index contributed by atoms with van der Waals surface area (Å²) in [5, 5.41) is 8.19. The van der Waals surface area contributed by atoms with E-state index in [0.717, 1.165) is 0 Å². The number of rotatable bonds is 2. The molecular weight excluding hydrogens is 123 g/mol. The van der Waals surface area contributed by atoms with Gasteiger partial charge in [-0.25, -0.2) is 9.18 Å². The van der Waals surface area contributed by atoms with E-state index in [9.17, 15) is 9.18 Å². The summed E-state index contributed by atoms with van der Waals surface area (Å²) in [5.41, 5.74) is -1.98. The van der Waals surface area contributed by atoms with Gasteiger partial charge in [-0.3, -0.25) is 0 Å². The lowest BCUT2D eigenvalue weighted by atomic mass is 10.3. The quantitative estimate of drug-likeness (QED) is 0.566. The lowest BCUT2D eigenvalue weighted by Gasteiger charge is -1.94. The first-order chi connectivity index (χ1) is 4.11. The molecule has 2 nitrogen and oxygen atoms in total. The van der Waals surface area contributed by atoms with Crippen LogP contribution in [0.15, 0.2) is 12.7 Å². The predicted octanol–water partition coefficient (Wildman–Crippen LogP) is 0.985. The van der Waals surface area contributed by atoms with Crippen molar-refractivity contribution in [1.82, 2.24) is 0 Å². The van der Waals surface area contributed by atoms with Crippen molar-refractivity contribution < 1.29 is 14.3 Å². The Bertz CT molecular complexity index is 166. The summed E-state index contributed by atoms with van der Waals surface area (Å²) in [6, 6.07) is 0. The summed E-state index contributed by atoms with van der Waals surface area (Å²) in [6.45, 7) is 3.30. The number of hydrogen-bond acceptors (Lipinski definition) is 1. The number of alkyl halides is 1. The van der Waals surface area contributed by atoms with Crippen LogP contribution in [0.3, 0.4) is 0 Å². The number of carboxylic acids is 1. The van der Waals surface area contributed by atoms with Gasteiger partial charge in [0.25, 0.3) is 0 Å². The van der Waals surface area contributed by atoms with Crippen LogP contribution in [0, 0.1) is 5.92 Å². The second-order valence-corrected chi connectivity index (χ2v) is 2.21. The molecule has 1 rings (SSSR count). The van der Waals surface area contributed by atoms with Crippen molar-refractivity contribution in [2.45, 2.75) is 12.1 Å². The SMILES string of the molecule is C=CC1C[C@]1(F)C(=O)O. The van der Waals surface area contributed by atoms with Crippen molar-refractivity contribution in [3.63, 3.8) is 0 Å². The van der Waals surface area contributed by atoms with Crippen molar-refractivity contribution in [3.8, 4) is 0 Å². The molecule has 1 fully saturated rings. The van der Waals surface area contributed by atoms with E-state index < -0.39 is 17.6 Å². The van der Waals surface area contributed by atoms with Crippen molar-refractivity contribution in [2.75, 3.05) is 0 Å². The third-order valence-electron chi connectivity index (χ3n) is 1.58. The fraction of sp³-hybridized carbons (Fsp3) is 0.500. The van der Waals surface area contributed by atoms with E-state index in [1.165, 1.54) is 6.08 Å². The van der Waals surface area contributed by atoms with Gasteiger partial charge in [0.15, 0.2) is 0 Å². The predicted molar refractivity (Wildman–Crippen MR) is 29.8 cm³/mol. The fourth-order valence-electron chi connectivity index (χ4n) is 0.777. The molecule has 0 aromatic rings. The number of aliphatic carboxylic acids is 1. The van der Waals surface area contributed by atoms with Crippen LogP contribution in [0.2, 0.25) is 0 Å². The summed E-state index contributed by atoms with van der Waals surface area (Å²) in [5.74, 6) is -1.83. The van der Waals surface area contributed by atoms with Gasteiger partial charge < -0.3 is 5.11 Å². The van der Waals surface area contributed by atoms with E-state index in [2.05, 4.69) is 6.58 Å². The minimum absolute atomic E-state index is 0.0891. The molecule has 9 heavy (non-hydrogen) atoms. The fourth-order valence-corrected chi connectivity index (χ4v) is 0.777. The molecule has 0 saturated heterocycles. The van der Waals surface area contributed by atoms with E-state index in [1.807, 2.05) is 0 Å². The molecular formula is C6H7FO2. The number of hydrogen-bond donors (Lipinski definition) is 1. The largest absolute Gasteiger partial charge is 0.479 e. The maximum atomic E-state index is 12.6. The molecule has 0 amide bonds. The van der Waals surface area contributed by atoms with E-state index in [4.69, 9.17) is 5.11 Å². The van der Waals surface area contributed by atoms with Crippen molar-refractivity contribution >= 4 is 5.97 Å². The van der Waals surface area contributed by atoms with Gasteiger partial charge in [-0.15, -0.1) is 6.58 Å². The van der Waals surface area contributed by atoms with Crippen LogP contribution in [0.25, 0.3) is 0 Å². The van der Waals surface area contributed by atoms with Crippen LogP contribution in [-0.4, -0.2) is 16.7 Å². The zero-order valence-electron chi connectivity index (χ0n) is 4.80. The second-order valence-electron chi connectivity index (χ2n) is 2.21. The van der Waals surface area contributed by atoms with Gasteiger partial charge in [-0.1, -0.05) is 6.08 Å². The number of halogens is 1. The lowest BCUT2D eigenvalue weighted by Crippen LogP contribution is -2.17. The summed E-state index contributed by atoms with van der Waals surface area (Å²) >= 11 is 0. The highest BCUT2D eigenvalue weighted by molar-refractivity contribution is 5.82. The van der Waals surface area contributed by atoms with E-state index >= 15 is 0 Å². The summed E-state index contributed by atoms with van der Waals surface area (Å²) in [6.07, 6.45) is 1.43. The molecule has 0 bridgehead atoms. The molecule has 0 spiro atoms. The van der Waals surface area contributed by atoms with Crippen LogP contribution < -0.4 is 0 Å². The number of allylic oxidation sites excluding steroid dienone is 1. The van der Waals surface area contributed by atoms with Gasteiger partial charge in [-0.2, -0.15) is 0 Å². The molecule has 2 atom stereocenters. The van der Waals surface area contributed by atoms with Gasteiger partial charge in [-0.05, 0) is 0 Å². The Balaban J connectivity index is 2.62. The second kappa shape index (κ2) is 1.56. The van der Waals surface area contributed by atoms with E-state index in [1.54, 1.807) is 0 Å². The van der Waals surface area contributed by atoms with Crippen LogP contribution >= 0.6 is 0 Å². The molecule has 3 heteroatoms. The molecule has 1 aliphatic carbocycles. The molecule has 0 radical (unpaired) electrons. The van der Waals surface area contributed by atoms with Gasteiger partial charge in [0.05, 0.1) is 0 Å². The zero-order chi connectivity index (χ0) is 7.07. The Kier molecular flexibility index (Phi) is 1.08. The highest BCUT2D eigenvalue weighted by atomic mass is 19.1. The van der Waals surface area contributed by atoms with Crippen LogP contribution in [0.1, 0.15) is 6.42 Å². The zero-order valence-corrected chi connectivity index (χ0v) is 4.80. The maximum Gasteiger partial charge on any atom is 0.342 e. The molecule has 0 aliphatic heterocycles. The highest BCUT2D eigenvalue weighted by Crippen LogP contribution is 2.47. The molecule has 1 aliphatic rings. The lowest BCUT2D eigenvalue weighted by molar-refractivity contribution is -0.144. The first-order valence-electron chi connectivity index (χ1n) is 2.66. The van der Waals surface area contributed by atoms with Crippen LogP contribution in [0.5, 0.6) is 0 Å². The summed E-state index contributed by atoms with van der Waals surface area (Å²) < 4.78 is 12.6. The van der Waals surface area contributed by atoms with Gasteiger partial charge in [0.1, 0.15) is 0 Å². The Hall–Kier alpha value is -0.860. The van der Waals surface area contributed by atoms with E-state index in [-0.39, 0.29) is 6.42 Å². The molecule has 1 saturated carbocycles. The molecule has 1 N–H and O–H groups in total. The third kappa shape index (κ3) is 0.724.